The first-order chi connectivity index (χ1) is 16.6. The second-order valence-electron chi connectivity index (χ2n) is 11.5. The number of carbonyl (C=O) groups is 2. The van der Waals surface area contributed by atoms with Crippen molar-refractivity contribution < 1.29 is 9.59 Å². The van der Waals surface area contributed by atoms with Gasteiger partial charge in [-0.15, -0.1) is 0 Å². The Bertz CT molecular complexity index is 1110. The van der Waals surface area contributed by atoms with Gasteiger partial charge in [0.15, 0.2) is 5.78 Å². The number of carbonyl (C=O) groups excluding carboxylic acids is 2. The van der Waals surface area contributed by atoms with Gasteiger partial charge in [-0.3, -0.25) is 9.59 Å². The highest BCUT2D eigenvalue weighted by Crippen LogP contribution is 2.56. The van der Waals surface area contributed by atoms with Gasteiger partial charge < -0.3 is 5.32 Å². The Morgan fingerprint density at radius 1 is 1.17 bits per heavy atom. The standard InChI is InChI=1S/C32H41NO2/c1-7-20(2)15-22(4)28-23(5)19-32(6)18-21(3)13-14-27(32)29(28)30(34)26-17-25(33-31(26)35)16-24-11-9-8-10-12-24/h7-12,15,17,19,21,25,27-29H,13-14,16,18H2,1-6H3,(H,33,35)/b20-7+,22-15+/t21-,25+,27+,28-,29+,32+/m1/s1. The fourth-order valence-corrected chi connectivity index (χ4v) is 7.10. The third-order valence-electron chi connectivity index (χ3n) is 8.64. The Morgan fingerprint density at radius 3 is 2.57 bits per heavy atom. The molecule has 1 aromatic carbocycles. The number of allylic oxidation sites excluding steroid dienone is 6. The topological polar surface area (TPSA) is 46.2 Å². The molecule has 1 heterocycles. The van der Waals surface area contributed by atoms with Crippen LogP contribution in [-0.4, -0.2) is 17.7 Å². The highest BCUT2D eigenvalue weighted by atomic mass is 16.2. The van der Waals surface area contributed by atoms with Crippen molar-refractivity contribution in [2.75, 3.05) is 0 Å². The molecule has 3 nitrogen and oxygen atoms in total. The van der Waals surface area contributed by atoms with E-state index in [1.807, 2.05) is 31.2 Å². The predicted molar refractivity (Wildman–Crippen MR) is 144 cm³/mol. The molecule has 1 amide bonds. The number of Topliss-reactive ketones (excluding diaryl/α,β-unsaturated/α-hetero) is 1. The molecule has 0 radical (unpaired) electrons. The lowest BCUT2D eigenvalue weighted by Crippen LogP contribution is -2.48. The number of hydrogen-bond donors (Lipinski definition) is 1. The minimum absolute atomic E-state index is 0.00637. The molecule has 3 heteroatoms. The van der Waals surface area contributed by atoms with Gasteiger partial charge >= 0.3 is 0 Å². The molecule has 0 unspecified atom stereocenters. The monoisotopic (exact) mass is 471 g/mol. The molecule has 0 bridgehead atoms. The van der Waals surface area contributed by atoms with Crippen LogP contribution in [-0.2, 0) is 16.0 Å². The van der Waals surface area contributed by atoms with Crippen LogP contribution in [0.4, 0.5) is 0 Å². The number of ketones is 1. The third kappa shape index (κ3) is 5.15. The molecule has 35 heavy (non-hydrogen) atoms. The molecule has 1 saturated carbocycles. The van der Waals surface area contributed by atoms with Gasteiger partial charge in [0, 0.05) is 11.8 Å². The summed E-state index contributed by atoms with van der Waals surface area (Å²) in [5.74, 6) is 0.553. The summed E-state index contributed by atoms with van der Waals surface area (Å²) in [6.45, 7) is 13.2. The molecule has 1 N–H and O–H groups in total. The summed E-state index contributed by atoms with van der Waals surface area (Å²) in [6.07, 6.45) is 12.7. The molecular weight excluding hydrogens is 430 g/mol. The van der Waals surface area contributed by atoms with Crippen LogP contribution in [0.15, 0.2) is 76.9 Å². The van der Waals surface area contributed by atoms with E-state index in [0.717, 1.165) is 24.8 Å². The van der Waals surface area contributed by atoms with Crippen LogP contribution in [0.1, 0.15) is 66.4 Å². The zero-order valence-electron chi connectivity index (χ0n) is 22.2. The second kappa shape index (κ2) is 10.1. The van der Waals surface area contributed by atoms with E-state index in [0.29, 0.717) is 17.9 Å². The summed E-state index contributed by atoms with van der Waals surface area (Å²) in [5.41, 5.74) is 5.21. The van der Waals surface area contributed by atoms with E-state index in [2.05, 4.69) is 70.3 Å². The van der Waals surface area contributed by atoms with Crippen LogP contribution in [0.5, 0.6) is 0 Å². The number of amides is 1. The maximum Gasteiger partial charge on any atom is 0.255 e. The summed E-state index contributed by atoms with van der Waals surface area (Å²) in [7, 11) is 0. The van der Waals surface area contributed by atoms with Crippen molar-refractivity contribution in [2.45, 2.75) is 73.3 Å². The molecular formula is C32H41NO2. The van der Waals surface area contributed by atoms with Crippen molar-refractivity contribution >= 4 is 11.7 Å². The molecule has 6 atom stereocenters. The van der Waals surface area contributed by atoms with E-state index in [1.165, 1.54) is 16.7 Å². The van der Waals surface area contributed by atoms with Crippen LogP contribution in [0.3, 0.4) is 0 Å². The summed E-state index contributed by atoms with van der Waals surface area (Å²) >= 11 is 0. The molecule has 1 aliphatic heterocycles. The molecule has 0 saturated heterocycles. The molecule has 0 spiro atoms. The predicted octanol–water partition coefficient (Wildman–Crippen LogP) is 6.77. The Balaban J connectivity index is 1.72. The summed E-state index contributed by atoms with van der Waals surface area (Å²) in [6, 6.07) is 10.0. The summed E-state index contributed by atoms with van der Waals surface area (Å²) < 4.78 is 0. The zero-order valence-corrected chi connectivity index (χ0v) is 22.2. The van der Waals surface area contributed by atoms with E-state index in [9.17, 15) is 9.59 Å². The normalized spacial score (nSPS) is 33.5. The van der Waals surface area contributed by atoms with Crippen LogP contribution in [0, 0.1) is 29.1 Å². The van der Waals surface area contributed by atoms with Gasteiger partial charge in [0.05, 0.1) is 11.6 Å². The lowest BCUT2D eigenvalue weighted by atomic mass is 9.52. The first-order valence-electron chi connectivity index (χ1n) is 13.2. The molecule has 3 aliphatic rings. The molecule has 2 aliphatic carbocycles. The number of rotatable bonds is 6. The summed E-state index contributed by atoms with van der Waals surface area (Å²) in [4.78, 5) is 27.4. The molecule has 0 aromatic heterocycles. The van der Waals surface area contributed by atoms with Gasteiger partial charge in [-0.2, -0.15) is 0 Å². The Morgan fingerprint density at radius 2 is 1.89 bits per heavy atom. The minimum Gasteiger partial charge on any atom is -0.345 e. The quantitative estimate of drug-likeness (QED) is 0.283. The molecule has 1 aromatic rings. The Kier molecular flexibility index (Phi) is 7.35. The highest BCUT2D eigenvalue weighted by molar-refractivity contribution is 6.22. The average Bonchev–Trinajstić information content (AvgIpc) is 3.17. The van der Waals surface area contributed by atoms with Crippen LogP contribution >= 0.6 is 0 Å². The Hall–Kier alpha value is -2.68. The van der Waals surface area contributed by atoms with E-state index < -0.39 is 0 Å². The van der Waals surface area contributed by atoms with E-state index >= 15 is 0 Å². The van der Waals surface area contributed by atoms with Crippen molar-refractivity contribution in [1.29, 1.82) is 0 Å². The largest absolute Gasteiger partial charge is 0.345 e. The van der Waals surface area contributed by atoms with Crippen LogP contribution in [0.2, 0.25) is 0 Å². The maximum atomic E-state index is 14.3. The van der Waals surface area contributed by atoms with E-state index in [4.69, 9.17) is 0 Å². The van der Waals surface area contributed by atoms with E-state index in [1.54, 1.807) is 0 Å². The lowest BCUT2D eigenvalue weighted by molar-refractivity contribution is -0.128. The first-order valence-corrected chi connectivity index (χ1v) is 13.2. The van der Waals surface area contributed by atoms with Gasteiger partial charge in [-0.05, 0) is 75.8 Å². The van der Waals surface area contributed by atoms with Gasteiger partial charge in [-0.25, -0.2) is 0 Å². The molecule has 186 valence electrons. The van der Waals surface area contributed by atoms with Gasteiger partial charge in [0.1, 0.15) is 0 Å². The lowest BCUT2D eigenvalue weighted by Gasteiger charge is -2.52. The van der Waals surface area contributed by atoms with Gasteiger partial charge in [0.25, 0.3) is 5.91 Å². The number of benzene rings is 1. The van der Waals surface area contributed by atoms with Gasteiger partial charge in [0.2, 0.25) is 0 Å². The van der Waals surface area contributed by atoms with Crippen molar-refractivity contribution in [3.8, 4) is 0 Å². The smallest absolute Gasteiger partial charge is 0.255 e. The van der Waals surface area contributed by atoms with Crippen molar-refractivity contribution in [3.05, 3.63) is 82.5 Å². The number of fused-ring (bicyclic) bond motifs is 1. The SMILES string of the molecule is C/C=C(C)/C=C(\C)[C@@H]1C(C)=C[C@]2(C)C[C@H](C)CC[C@H]2[C@@H]1C(=O)C1=C[C@H](Cc2ccccc2)NC1=O. The maximum absolute atomic E-state index is 14.3. The first kappa shape index (κ1) is 25.4. The van der Waals surface area contributed by atoms with E-state index in [-0.39, 0.29) is 40.9 Å². The second-order valence-corrected chi connectivity index (χ2v) is 11.5. The third-order valence-corrected chi connectivity index (χ3v) is 8.64. The Labute approximate surface area is 211 Å². The fraction of sp³-hybridized carbons (Fsp3) is 0.500. The fourth-order valence-electron chi connectivity index (χ4n) is 7.10. The average molecular weight is 472 g/mol. The van der Waals surface area contributed by atoms with Crippen molar-refractivity contribution in [2.24, 2.45) is 29.1 Å². The highest BCUT2D eigenvalue weighted by Gasteiger charge is 2.52. The molecule has 1 fully saturated rings. The van der Waals surface area contributed by atoms with Crippen molar-refractivity contribution in [3.63, 3.8) is 0 Å². The number of hydrogen-bond acceptors (Lipinski definition) is 2. The van der Waals surface area contributed by atoms with Crippen molar-refractivity contribution in [1.82, 2.24) is 5.32 Å². The zero-order chi connectivity index (χ0) is 25.3. The van der Waals surface area contributed by atoms with Crippen LogP contribution < -0.4 is 5.32 Å². The van der Waals surface area contributed by atoms with Gasteiger partial charge in [-0.1, -0.05) is 85.5 Å². The van der Waals surface area contributed by atoms with Crippen LogP contribution in [0.25, 0.3) is 0 Å². The summed E-state index contributed by atoms with van der Waals surface area (Å²) in [5, 5.41) is 3.07. The minimum atomic E-state index is -0.209. The number of nitrogens with one attached hydrogen (secondary N) is 1. The molecule has 4 rings (SSSR count).